The molecule has 4 aromatic rings. The molecule has 0 fully saturated rings. The van der Waals surface area contributed by atoms with Crippen LogP contribution in [-0.2, 0) is 6.54 Å². The predicted molar refractivity (Wildman–Crippen MR) is 135 cm³/mol. The molecule has 0 aliphatic heterocycles. The Labute approximate surface area is 197 Å². The van der Waals surface area contributed by atoms with Crippen LogP contribution in [0.1, 0.15) is 24.5 Å². The molecular weight excluding hydrogens is 524 g/mol. The van der Waals surface area contributed by atoms with Crippen molar-refractivity contribution in [2.24, 2.45) is 0 Å². The number of nitrogens with one attached hydrogen (secondary N) is 1. The van der Waals surface area contributed by atoms with E-state index in [4.69, 9.17) is 9.72 Å². The minimum absolute atomic E-state index is 0.677. The van der Waals surface area contributed by atoms with E-state index in [2.05, 4.69) is 99.6 Å². The average molecular weight is 546 g/mol. The summed E-state index contributed by atoms with van der Waals surface area (Å²) >= 11 is 8.93. The van der Waals surface area contributed by atoms with Gasteiger partial charge in [0.1, 0.15) is 10.8 Å². The number of benzene rings is 3. The lowest BCUT2D eigenvalue weighted by molar-refractivity contribution is 0.312. The molecule has 3 nitrogen and oxygen atoms in total. The van der Waals surface area contributed by atoms with E-state index >= 15 is 0 Å². The maximum Gasteiger partial charge on any atom is 0.138 e. The monoisotopic (exact) mass is 544 g/mol. The minimum atomic E-state index is 0.677. The highest BCUT2D eigenvalue weighted by molar-refractivity contribution is 9.11. The second-order valence-electron chi connectivity index (χ2n) is 7.15. The molecule has 1 aromatic heterocycles. The molecule has 0 saturated carbocycles. The van der Waals surface area contributed by atoms with E-state index in [1.807, 2.05) is 6.07 Å². The lowest BCUT2D eigenvalue weighted by atomic mass is 10.1. The quantitative estimate of drug-likeness (QED) is 0.254. The number of anilines is 1. The van der Waals surface area contributed by atoms with Crippen molar-refractivity contribution in [3.8, 4) is 16.3 Å². The first-order valence-electron chi connectivity index (χ1n) is 9.85. The number of hydrogen-bond donors (Lipinski definition) is 1. The number of nitrogens with zero attached hydrogens (tertiary/aromatic N) is 1. The summed E-state index contributed by atoms with van der Waals surface area (Å²) in [5.74, 6) is 0.897. The van der Waals surface area contributed by atoms with Gasteiger partial charge < -0.3 is 10.1 Å². The number of aryl methyl sites for hydroxylation is 1. The number of thiazole rings is 1. The van der Waals surface area contributed by atoms with Crippen molar-refractivity contribution in [2.75, 3.05) is 11.9 Å². The summed E-state index contributed by atoms with van der Waals surface area (Å²) in [4.78, 5) is 4.78. The number of hydrogen-bond acceptors (Lipinski definition) is 4. The Kier molecular flexibility index (Phi) is 6.76. The zero-order chi connectivity index (χ0) is 21.1. The maximum absolute atomic E-state index is 5.96. The van der Waals surface area contributed by atoms with Crippen LogP contribution in [0.2, 0.25) is 0 Å². The SMILES string of the molecule is CCCOc1c(Br)cc(Br)cc1CNc1ccc(-c2nc3ccc(C)cc3s2)cc1. The van der Waals surface area contributed by atoms with Crippen LogP contribution >= 0.6 is 43.2 Å². The van der Waals surface area contributed by atoms with Gasteiger partial charge in [0, 0.05) is 27.8 Å². The van der Waals surface area contributed by atoms with Crippen molar-refractivity contribution in [1.82, 2.24) is 4.98 Å². The molecule has 0 atom stereocenters. The van der Waals surface area contributed by atoms with Gasteiger partial charge in [0.05, 0.1) is 21.3 Å². The van der Waals surface area contributed by atoms with Crippen molar-refractivity contribution < 1.29 is 4.74 Å². The second-order valence-corrected chi connectivity index (χ2v) is 9.95. The Morgan fingerprint density at radius 2 is 1.83 bits per heavy atom. The largest absolute Gasteiger partial charge is 0.492 e. The molecule has 0 saturated heterocycles. The fourth-order valence-corrected chi connectivity index (χ4v) is 5.69. The summed E-state index contributed by atoms with van der Waals surface area (Å²) in [5, 5.41) is 4.56. The summed E-state index contributed by atoms with van der Waals surface area (Å²) in [6, 6.07) is 19.0. The minimum Gasteiger partial charge on any atom is -0.492 e. The molecule has 154 valence electrons. The van der Waals surface area contributed by atoms with Gasteiger partial charge in [-0.05, 0) is 83.4 Å². The Morgan fingerprint density at radius 1 is 1.03 bits per heavy atom. The Balaban J connectivity index is 1.50. The fourth-order valence-electron chi connectivity index (χ4n) is 3.19. The number of ether oxygens (including phenoxy) is 1. The number of aromatic nitrogens is 1. The summed E-state index contributed by atoms with van der Waals surface area (Å²) in [6.45, 7) is 5.60. The van der Waals surface area contributed by atoms with Gasteiger partial charge in [0.25, 0.3) is 0 Å². The highest BCUT2D eigenvalue weighted by Gasteiger charge is 2.11. The first-order valence-corrected chi connectivity index (χ1v) is 12.3. The molecule has 0 aliphatic carbocycles. The summed E-state index contributed by atoms with van der Waals surface area (Å²) < 4.78 is 9.17. The van der Waals surface area contributed by atoms with E-state index in [0.717, 1.165) is 48.5 Å². The van der Waals surface area contributed by atoms with E-state index in [1.165, 1.54) is 10.3 Å². The lowest BCUT2D eigenvalue weighted by Gasteiger charge is -2.15. The summed E-state index contributed by atoms with van der Waals surface area (Å²) in [5.41, 5.74) is 5.63. The molecule has 0 amide bonds. The molecule has 1 heterocycles. The third-order valence-corrected chi connectivity index (χ3v) is 6.81. The van der Waals surface area contributed by atoms with Crippen LogP contribution in [0.25, 0.3) is 20.8 Å². The van der Waals surface area contributed by atoms with E-state index in [0.29, 0.717) is 13.2 Å². The van der Waals surface area contributed by atoms with Gasteiger partial charge in [-0.15, -0.1) is 11.3 Å². The lowest BCUT2D eigenvalue weighted by Crippen LogP contribution is -2.05. The van der Waals surface area contributed by atoms with Crippen molar-refractivity contribution in [3.63, 3.8) is 0 Å². The van der Waals surface area contributed by atoms with Gasteiger partial charge in [0.15, 0.2) is 0 Å². The Hall–Kier alpha value is -1.89. The fraction of sp³-hybridized carbons (Fsp3) is 0.208. The van der Waals surface area contributed by atoms with Crippen LogP contribution in [0.5, 0.6) is 5.75 Å². The first kappa shape index (κ1) is 21.3. The highest BCUT2D eigenvalue weighted by atomic mass is 79.9. The number of rotatable bonds is 7. The Bertz CT molecular complexity index is 1170. The molecule has 30 heavy (non-hydrogen) atoms. The van der Waals surface area contributed by atoms with Crippen LogP contribution in [0.3, 0.4) is 0 Å². The van der Waals surface area contributed by atoms with Crippen LogP contribution in [0.15, 0.2) is 63.5 Å². The van der Waals surface area contributed by atoms with Gasteiger partial charge in [0.2, 0.25) is 0 Å². The third kappa shape index (κ3) is 4.88. The van der Waals surface area contributed by atoms with Gasteiger partial charge in [-0.3, -0.25) is 0 Å². The molecule has 6 heteroatoms. The topological polar surface area (TPSA) is 34.1 Å². The summed E-state index contributed by atoms with van der Waals surface area (Å²) in [6.07, 6.45) is 0.974. The molecule has 0 unspecified atom stereocenters. The van der Waals surface area contributed by atoms with Gasteiger partial charge in [-0.2, -0.15) is 0 Å². The van der Waals surface area contributed by atoms with Crippen molar-refractivity contribution >= 4 is 59.1 Å². The van der Waals surface area contributed by atoms with Gasteiger partial charge >= 0.3 is 0 Å². The molecular formula is C24H22Br2N2OS. The normalized spacial score (nSPS) is 11.1. The summed E-state index contributed by atoms with van der Waals surface area (Å²) in [7, 11) is 0. The molecule has 0 bridgehead atoms. The standard InChI is InChI=1S/C24H22Br2N2OS/c1-3-10-29-23-17(12-18(25)13-20(23)26)14-27-19-7-5-16(6-8-19)24-28-21-9-4-15(2)11-22(21)30-24/h4-9,11-13,27H,3,10,14H2,1-2H3. The highest BCUT2D eigenvalue weighted by Crippen LogP contribution is 2.34. The predicted octanol–water partition coefficient (Wildman–Crippen LogP) is 8.20. The van der Waals surface area contributed by atoms with Crippen molar-refractivity contribution in [3.05, 3.63) is 74.7 Å². The van der Waals surface area contributed by atoms with Crippen LogP contribution in [0.4, 0.5) is 5.69 Å². The molecule has 3 aromatic carbocycles. The average Bonchev–Trinajstić information content (AvgIpc) is 3.15. The van der Waals surface area contributed by atoms with E-state index < -0.39 is 0 Å². The maximum atomic E-state index is 5.96. The molecule has 0 spiro atoms. The second kappa shape index (κ2) is 9.50. The molecule has 0 aliphatic rings. The van der Waals surface area contributed by atoms with E-state index in [1.54, 1.807) is 11.3 Å². The molecule has 4 rings (SSSR count). The van der Waals surface area contributed by atoms with Gasteiger partial charge in [-0.1, -0.05) is 28.9 Å². The number of fused-ring (bicyclic) bond motifs is 1. The van der Waals surface area contributed by atoms with Crippen LogP contribution < -0.4 is 10.1 Å². The molecule has 1 N–H and O–H groups in total. The van der Waals surface area contributed by atoms with Crippen LogP contribution in [-0.4, -0.2) is 11.6 Å². The zero-order valence-corrected chi connectivity index (χ0v) is 20.8. The van der Waals surface area contributed by atoms with E-state index in [-0.39, 0.29) is 0 Å². The van der Waals surface area contributed by atoms with E-state index in [9.17, 15) is 0 Å². The smallest absolute Gasteiger partial charge is 0.138 e. The Morgan fingerprint density at radius 3 is 2.60 bits per heavy atom. The zero-order valence-electron chi connectivity index (χ0n) is 16.8. The van der Waals surface area contributed by atoms with Crippen LogP contribution in [0, 0.1) is 6.92 Å². The van der Waals surface area contributed by atoms with Gasteiger partial charge in [-0.25, -0.2) is 4.98 Å². The third-order valence-electron chi connectivity index (χ3n) is 4.69. The number of halogens is 2. The molecule has 0 radical (unpaired) electrons. The van der Waals surface area contributed by atoms with Crippen molar-refractivity contribution in [2.45, 2.75) is 26.8 Å². The van der Waals surface area contributed by atoms with Crippen molar-refractivity contribution in [1.29, 1.82) is 0 Å². The first-order chi connectivity index (χ1) is 14.5.